The number of hydrogen-bond donors (Lipinski definition) is 1. The van der Waals surface area contributed by atoms with E-state index in [1.54, 1.807) is 36.4 Å². The van der Waals surface area contributed by atoms with E-state index in [0.29, 0.717) is 22.1 Å². The van der Waals surface area contributed by atoms with Gasteiger partial charge in [-0.15, -0.1) is 10.2 Å². The fourth-order valence-corrected chi connectivity index (χ4v) is 4.69. The lowest BCUT2D eigenvalue weighted by Gasteiger charge is -2.12. The minimum absolute atomic E-state index is 0.181. The lowest BCUT2D eigenvalue weighted by Crippen LogP contribution is -2.26. The molecule has 0 saturated heterocycles. The van der Waals surface area contributed by atoms with Crippen LogP contribution in [0.5, 0.6) is 0 Å². The summed E-state index contributed by atoms with van der Waals surface area (Å²) in [6, 6.07) is 23.7. The second-order valence-corrected chi connectivity index (χ2v) is 8.88. The largest absolute Gasteiger partial charge is 0.321 e. The Morgan fingerprint density at radius 3 is 2.36 bits per heavy atom. The van der Waals surface area contributed by atoms with Gasteiger partial charge in [-0.3, -0.25) is 9.59 Å². The molecule has 36 heavy (non-hydrogen) atoms. The van der Waals surface area contributed by atoms with Crippen molar-refractivity contribution in [2.75, 3.05) is 5.32 Å². The summed E-state index contributed by atoms with van der Waals surface area (Å²) >= 11 is 0. The molecule has 0 bridgehead atoms. The number of aromatic nitrogens is 5. The highest BCUT2D eigenvalue weighted by Gasteiger charge is 2.19. The first-order valence-corrected chi connectivity index (χ1v) is 12.1. The van der Waals surface area contributed by atoms with Gasteiger partial charge < -0.3 is 9.88 Å². The predicted octanol–water partition coefficient (Wildman–Crippen LogP) is 4.62. The Morgan fingerprint density at radius 1 is 0.806 bits per heavy atom. The fourth-order valence-electron chi connectivity index (χ4n) is 4.69. The third kappa shape index (κ3) is 3.96. The Bertz CT molecular complexity index is 1620. The second kappa shape index (κ2) is 9.22. The average Bonchev–Trinajstić information content (AvgIpc) is 3.17. The first kappa shape index (κ1) is 21.9. The number of amides is 1. The van der Waals surface area contributed by atoms with Gasteiger partial charge in [0.05, 0.1) is 11.1 Å². The molecule has 3 heterocycles. The van der Waals surface area contributed by atoms with Crippen LogP contribution < -0.4 is 10.9 Å². The molecule has 0 atom stereocenters. The van der Waals surface area contributed by atoms with E-state index in [2.05, 4.69) is 25.2 Å². The van der Waals surface area contributed by atoms with E-state index < -0.39 is 0 Å². The number of nitrogens with zero attached hydrogens (tertiary/aromatic N) is 5. The molecule has 0 aliphatic carbocycles. The van der Waals surface area contributed by atoms with Crippen LogP contribution in [0, 0.1) is 0 Å². The summed E-state index contributed by atoms with van der Waals surface area (Å²) < 4.78 is 3.47. The molecule has 1 aliphatic rings. The third-order valence-corrected chi connectivity index (χ3v) is 6.53. The van der Waals surface area contributed by atoms with Crippen LogP contribution in [-0.2, 0) is 13.0 Å². The number of benzene rings is 3. The normalized spacial score (nSPS) is 13.2. The van der Waals surface area contributed by atoms with E-state index in [0.717, 1.165) is 43.0 Å². The van der Waals surface area contributed by atoms with Crippen molar-refractivity contribution < 1.29 is 4.79 Å². The summed E-state index contributed by atoms with van der Waals surface area (Å²) in [5.41, 5.74) is 2.09. The number of carbonyl (C=O) groups is 1. The SMILES string of the molecule is O=C(Nc1ccc(-c2nnc3n2CCCCC3)cc1)c1nn(-c2ccccc2)c(=O)c2ccccc12. The molecule has 0 saturated carbocycles. The highest BCUT2D eigenvalue weighted by Crippen LogP contribution is 2.24. The molecule has 8 nitrogen and oxygen atoms in total. The topological polar surface area (TPSA) is 94.7 Å². The first-order valence-electron chi connectivity index (χ1n) is 12.1. The Hall–Kier alpha value is -4.59. The van der Waals surface area contributed by atoms with Gasteiger partial charge in [0.15, 0.2) is 11.5 Å². The molecule has 6 rings (SSSR count). The van der Waals surface area contributed by atoms with E-state index in [4.69, 9.17) is 0 Å². The van der Waals surface area contributed by atoms with E-state index in [9.17, 15) is 9.59 Å². The third-order valence-electron chi connectivity index (χ3n) is 6.53. The minimum Gasteiger partial charge on any atom is -0.321 e. The standard InChI is InChI=1S/C28H24N6O2/c35-27(25-22-11-6-7-12-23(22)28(36)34(32-25)21-9-3-1-4-10-21)29-20-16-14-19(15-17-20)26-31-30-24-13-5-2-8-18-33(24)26/h1,3-4,6-7,9-12,14-17H,2,5,8,13,18H2,(H,29,35). The molecular formula is C28H24N6O2. The van der Waals surface area contributed by atoms with E-state index in [-0.39, 0.29) is 17.2 Å². The van der Waals surface area contributed by atoms with Crippen LogP contribution >= 0.6 is 0 Å². The Kier molecular flexibility index (Phi) is 5.61. The van der Waals surface area contributed by atoms with E-state index >= 15 is 0 Å². The zero-order chi connectivity index (χ0) is 24.5. The second-order valence-electron chi connectivity index (χ2n) is 8.88. The first-order chi connectivity index (χ1) is 17.7. The van der Waals surface area contributed by atoms with Crippen LogP contribution in [0.3, 0.4) is 0 Å². The van der Waals surface area contributed by atoms with Crippen LogP contribution in [0.2, 0.25) is 0 Å². The highest BCUT2D eigenvalue weighted by molar-refractivity contribution is 6.11. The van der Waals surface area contributed by atoms with Gasteiger partial charge >= 0.3 is 0 Å². The summed E-state index contributed by atoms with van der Waals surface area (Å²) in [5.74, 6) is 1.50. The average molecular weight is 477 g/mol. The molecule has 2 aromatic heterocycles. The highest BCUT2D eigenvalue weighted by atomic mass is 16.2. The van der Waals surface area contributed by atoms with Crippen molar-refractivity contribution >= 4 is 22.4 Å². The van der Waals surface area contributed by atoms with Crippen LogP contribution in [0.25, 0.3) is 27.8 Å². The van der Waals surface area contributed by atoms with Gasteiger partial charge in [-0.1, -0.05) is 42.8 Å². The zero-order valence-electron chi connectivity index (χ0n) is 19.6. The zero-order valence-corrected chi connectivity index (χ0v) is 19.6. The number of fused-ring (bicyclic) bond motifs is 2. The lowest BCUT2D eigenvalue weighted by atomic mass is 10.1. The Labute approximate surface area is 207 Å². The monoisotopic (exact) mass is 476 g/mol. The maximum Gasteiger partial charge on any atom is 0.279 e. The molecule has 5 aromatic rings. The number of hydrogen-bond acceptors (Lipinski definition) is 5. The van der Waals surface area contributed by atoms with Crippen molar-refractivity contribution in [2.45, 2.75) is 32.2 Å². The summed E-state index contributed by atoms with van der Waals surface area (Å²) in [5, 5.41) is 17.1. The predicted molar refractivity (Wildman–Crippen MR) is 138 cm³/mol. The van der Waals surface area contributed by atoms with Crippen molar-refractivity contribution in [3.8, 4) is 17.1 Å². The van der Waals surface area contributed by atoms with Crippen LogP contribution in [0.15, 0.2) is 83.7 Å². The van der Waals surface area contributed by atoms with Crippen LogP contribution in [-0.4, -0.2) is 30.5 Å². The van der Waals surface area contributed by atoms with E-state index in [1.165, 1.54) is 11.1 Å². The van der Waals surface area contributed by atoms with Gasteiger partial charge in [0.1, 0.15) is 5.82 Å². The molecule has 1 aliphatic heterocycles. The van der Waals surface area contributed by atoms with Gasteiger partial charge in [0.25, 0.3) is 11.5 Å². The van der Waals surface area contributed by atoms with Gasteiger partial charge in [0.2, 0.25) is 0 Å². The summed E-state index contributed by atoms with van der Waals surface area (Å²) in [6.07, 6.45) is 4.42. The maximum absolute atomic E-state index is 13.4. The van der Waals surface area contributed by atoms with Gasteiger partial charge in [-0.25, -0.2) is 0 Å². The molecule has 0 radical (unpaired) electrons. The van der Waals surface area contributed by atoms with Crippen molar-refractivity contribution in [1.29, 1.82) is 0 Å². The molecular weight excluding hydrogens is 452 g/mol. The summed E-state index contributed by atoms with van der Waals surface area (Å²) in [6.45, 7) is 0.923. The molecule has 178 valence electrons. The smallest absolute Gasteiger partial charge is 0.279 e. The molecule has 1 N–H and O–H groups in total. The van der Waals surface area contributed by atoms with Crippen LogP contribution in [0.4, 0.5) is 5.69 Å². The van der Waals surface area contributed by atoms with E-state index in [1.807, 2.05) is 42.5 Å². The quantitative estimate of drug-likeness (QED) is 0.408. The van der Waals surface area contributed by atoms with Gasteiger partial charge in [0, 0.05) is 29.6 Å². The van der Waals surface area contributed by atoms with Crippen molar-refractivity contribution in [3.63, 3.8) is 0 Å². The molecule has 3 aromatic carbocycles. The fraction of sp³-hybridized carbons (Fsp3) is 0.179. The molecule has 1 amide bonds. The number of anilines is 1. The lowest BCUT2D eigenvalue weighted by molar-refractivity contribution is 0.102. The van der Waals surface area contributed by atoms with Crippen LogP contribution in [0.1, 0.15) is 35.6 Å². The number of carbonyl (C=O) groups excluding carboxylic acids is 1. The number of rotatable bonds is 4. The Morgan fingerprint density at radius 2 is 1.56 bits per heavy atom. The van der Waals surface area contributed by atoms with Gasteiger partial charge in [-0.05, 0) is 55.3 Å². The summed E-state index contributed by atoms with van der Waals surface area (Å²) in [7, 11) is 0. The summed E-state index contributed by atoms with van der Waals surface area (Å²) in [4.78, 5) is 26.4. The number of para-hydroxylation sites is 1. The number of aryl methyl sites for hydroxylation is 1. The van der Waals surface area contributed by atoms with Gasteiger partial charge in [-0.2, -0.15) is 9.78 Å². The molecule has 0 spiro atoms. The van der Waals surface area contributed by atoms with Crippen molar-refractivity contribution in [2.24, 2.45) is 0 Å². The molecule has 8 heteroatoms. The van der Waals surface area contributed by atoms with Crippen molar-refractivity contribution in [3.05, 3.63) is 101 Å². The molecule has 0 unspecified atom stereocenters. The maximum atomic E-state index is 13.4. The van der Waals surface area contributed by atoms with Crippen molar-refractivity contribution in [1.82, 2.24) is 24.5 Å². The number of nitrogens with one attached hydrogen (secondary N) is 1. The minimum atomic E-state index is -0.389. The Balaban J connectivity index is 1.32. The molecule has 0 fully saturated rings.